The molecule has 1 aliphatic carbocycles. The third kappa shape index (κ3) is 2.64. The molecule has 1 aromatic heterocycles. The molecule has 1 saturated carbocycles. The minimum atomic E-state index is -0.388. The van der Waals surface area contributed by atoms with Crippen LogP contribution in [-0.4, -0.2) is 12.0 Å². The number of oxazole rings is 1. The van der Waals surface area contributed by atoms with Crippen LogP contribution in [-0.2, 0) is 0 Å². The van der Waals surface area contributed by atoms with Gasteiger partial charge in [-0.1, -0.05) is 32.8 Å². The van der Waals surface area contributed by atoms with Gasteiger partial charge >= 0.3 is 5.76 Å². The molecule has 0 amide bonds. The van der Waals surface area contributed by atoms with Gasteiger partial charge in [-0.15, -0.1) is 0 Å². The van der Waals surface area contributed by atoms with Crippen LogP contribution in [0.1, 0.15) is 51.1 Å². The molecule has 4 heteroatoms. The zero-order valence-corrected chi connectivity index (χ0v) is 13.0. The van der Waals surface area contributed by atoms with E-state index in [1.54, 1.807) is 0 Å². The maximum absolute atomic E-state index is 11.3. The largest absolute Gasteiger partial charge is 0.417 e. The molecule has 1 fully saturated rings. The molecule has 0 spiro atoms. The Hall–Kier alpha value is -1.55. The Balaban J connectivity index is 1.98. The lowest BCUT2D eigenvalue weighted by Gasteiger charge is -2.43. The van der Waals surface area contributed by atoms with Crippen molar-refractivity contribution in [2.45, 2.75) is 45.6 Å². The fourth-order valence-corrected chi connectivity index (χ4v) is 3.89. The SMILES string of the molecule is CNC(c1ccc2[nH]c(=O)oc2c1)C1CCCCC1(C)C. The van der Waals surface area contributed by atoms with Gasteiger partial charge < -0.3 is 9.73 Å². The van der Waals surface area contributed by atoms with Crippen molar-refractivity contribution in [3.8, 4) is 0 Å². The van der Waals surface area contributed by atoms with E-state index in [1.807, 2.05) is 19.2 Å². The van der Waals surface area contributed by atoms with Crippen LogP contribution in [0.15, 0.2) is 27.4 Å². The Morgan fingerprint density at radius 2 is 2.19 bits per heavy atom. The van der Waals surface area contributed by atoms with Crippen molar-refractivity contribution in [3.05, 3.63) is 34.3 Å². The third-order valence-electron chi connectivity index (χ3n) is 5.11. The summed E-state index contributed by atoms with van der Waals surface area (Å²) in [4.78, 5) is 14.0. The zero-order valence-electron chi connectivity index (χ0n) is 13.0. The fraction of sp³-hybridized carbons (Fsp3) is 0.588. The summed E-state index contributed by atoms with van der Waals surface area (Å²) < 4.78 is 5.20. The molecule has 1 heterocycles. The maximum atomic E-state index is 11.3. The normalized spacial score (nSPS) is 23.3. The Morgan fingerprint density at radius 3 is 2.90 bits per heavy atom. The van der Waals surface area contributed by atoms with Crippen LogP contribution in [0.3, 0.4) is 0 Å². The quantitative estimate of drug-likeness (QED) is 0.907. The van der Waals surface area contributed by atoms with Gasteiger partial charge in [0.05, 0.1) is 5.52 Å². The van der Waals surface area contributed by atoms with E-state index in [9.17, 15) is 4.79 Å². The van der Waals surface area contributed by atoms with E-state index in [0.29, 0.717) is 23.0 Å². The molecule has 3 rings (SSSR count). The topological polar surface area (TPSA) is 58.0 Å². The second kappa shape index (κ2) is 5.34. The van der Waals surface area contributed by atoms with Gasteiger partial charge in [-0.25, -0.2) is 4.79 Å². The molecule has 1 aliphatic rings. The average Bonchev–Trinajstić information content (AvgIpc) is 2.80. The number of benzene rings is 1. The van der Waals surface area contributed by atoms with Crippen molar-refractivity contribution in [3.63, 3.8) is 0 Å². The van der Waals surface area contributed by atoms with Gasteiger partial charge in [0.15, 0.2) is 5.58 Å². The summed E-state index contributed by atoms with van der Waals surface area (Å²) in [6.07, 6.45) is 5.14. The standard InChI is InChI=1S/C17H24N2O2/c1-17(2)9-5-4-6-12(17)15(18-3)11-7-8-13-14(10-11)21-16(20)19-13/h7-8,10,12,15,18H,4-6,9H2,1-3H3,(H,19,20). The van der Waals surface area contributed by atoms with E-state index >= 15 is 0 Å². The van der Waals surface area contributed by atoms with E-state index in [2.05, 4.69) is 30.2 Å². The highest BCUT2D eigenvalue weighted by molar-refractivity contribution is 5.72. The van der Waals surface area contributed by atoms with Gasteiger partial charge in [0.1, 0.15) is 0 Å². The number of aromatic nitrogens is 1. The first-order valence-corrected chi connectivity index (χ1v) is 7.81. The van der Waals surface area contributed by atoms with Gasteiger partial charge in [0, 0.05) is 6.04 Å². The Kier molecular flexibility index (Phi) is 3.66. The van der Waals surface area contributed by atoms with Crippen molar-refractivity contribution >= 4 is 11.1 Å². The monoisotopic (exact) mass is 288 g/mol. The first-order chi connectivity index (χ1) is 10.0. The molecule has 1 aromatic carbocycles. The molecule has 0 aliphatic heterocycles. The molecule has 2 unspecified atom stereocenters. The molecule has 2 N–H and O–H groups in total. The second-order valence-electron chi connectivity index (χ2n) is 6.88. The number of aromatic amines is 1. The number of H-pyrrole nitrogens is 1. The van der Waals surface area contributed by atoms with Crippen LogP contribution in [0, 0.1) is 11.3 Å². The van der Waals surface area contributed by atoms with Crippen LogP contribution in [0.4, 0.5) is 0 Å². The van der Waals surface area contributed by atoms with Gasteiger partial charge in [-0.2, -0.15) is 0 Å². The van der Waals surface area contributed by atoms with Crippen LogP contribution < -0.4 is 11.1 Å². The van der Waals surface area contributed by atoms with Crippen molar-refractivity contribution < 1.29 is 4.42 Å². The molecule has 114 valence electrons. The summed E-state index contributed by atoms with van der Waals surface area (Å²) in [5, 5.41) is 3.49. The summed E-state index contributed by atoms with van der Waals surface area (Å²) in [5.74, 6) is 0.209. The number of fused-ring (bicyclic) bond motifs is 1. The molecule has 0 bridgehead atoms. The minimum absolute atomic E-state index is 0.296. The van der Waals surface area contributed by atoms with E-state index in [-0.39, 0.29) is 5.76 Å². The van der Waals surface area contributed by atoms with E-state index in [1.165, 1.54) is 31.2 Å². The van der Waals surface area contributed by atoms with E-state index in [0.717, 1.165) is 5.52 Å². The summed E-state index contributed by atoms with van der Waals surface area (Å²) in [6.45, 7) is 4.74. The van der Waals surface area contributed by atoms with Crippen molar-refractivity contribution in [2.24, 2.45) is 11.3 Å². The van der Waals surface area contributed by atoms with E-state index in [4.69, 9.17) is 4.42 Å². The van der Waals surface area contributed by atoms with Crippen LogP contribution in [0.2, 0.25) is 0 Å². The molecule has 21 heavy (non-hydrogen) atoms. The smallest absolute Gasteiger partial charge is 0.408 e. The van der Waals surface area contributed by atoms with Crippen molar-refractivity contribution in [2.75, 3.05) is 7.05 Å². The highest BCUT2D eigenvalue weighted by Gasteiger charge is 2.37. The molecule has 2 atom stereocenters. The summed E-state index contributed by atoms with van der Waals surface area (Å²) in [6, 6.07) is 6.33. The first-order valence-electron chi connectivity index (χ1n) is 7.81. The number of rotatable bonds is 3. The predicted molar refractivity (Wildman–Crippen MR) is 84.4 cm³/mol. The van der Waals surface area contributed by atoms with Crippen LogP contribution in [0.5, 0.6) is 0 Å². The first kappa shape index (κ1) is 14.4. The average molecular weight is 288 g/mol. The van der Waals surface area contributed by atoms with Gasteiger partial charge in [0.2, 0.25) is 0 Å². The van der Waals surface area contributed by atoms with Gasteiger partial charge in [0.25, 0.3) is 0 Å². The zero-order chi connectivity index (χ0) is 15.0. The number of hydrogen-bond acceptors (Lipinski definition) is 3. The highest BCUT2D eigenvalue weighted by Crippen LogP contribution is 2.46. The lowest BCUT2D eigenvalue weighted by Crippen LogP contribution is -2.37. The fourth-order valence-electron chi connectivity index (χ4n) is 3.89. The second-order valence-corrected chi connectivity index (χ2v) is 6.88. The van der Waals surface area contributed by atoms with Crippen molar-refractivity contribution in [1.82, 2.24) is 10.3 Å². The van der Waals surface area contributed by atoms with E-state index < -0.39 is 0 Å². The Labute approximate surface area is 124 Å². The molecule has 2 aromatic rings. The van der Waals surface area contributed by atoms with Gasteiger partial charge in [-0.3, -0.25) is 4.98 Å². The maximum Gasteiger partial charge on any atom is 0.417 e. The highest BCUT2D eigenvalue weighted by atomic mass is 16.4. The summed E-state index contributed by atoms with van der Waals surface area (Å²) >= 11 is 0. The molecule has 0 radical (unpaired) electrons. The van der Waals surface area contributed by atoms with Crippen LogP contribution >= 0.6 is 0 Å². The third-order valence-corrected chi connectivity index (χ3v) is 5.11. The Morgan fingerprint density at radius 1 is 1.38 bits per heavy atom. The number of hydrogen-bond donors (Lipinski definition) is 2. The van der Waals surface area contributed by atoms with Gasteiger partial charge in [-0.05, 0) is 48.9 Å². The van der Waals surface area contributed by atoms with Crippen LogP contribution in [0.25, 0.3) is 11.1 Å². The molecule has 4 nitrogen and oxygen atoms in total. The minimum Gasteiger partial charge on any atom is -0.408 e. The lowest BCUT2D eigenvalue weighted by molar-refractivity contribution is 0.101. The lowest BCUT2D eigenvalue weighted by atomic mass is 9.65. The molecule has 0 saturated heterocycles. The summed E-state index contributed by atoms with van der Waals surface area (Å²) in [5.41, 5.74) is 2.94. The Bertz CT molecular complexity index is 683. The summed E-state index contributed by atoms with van der Waals surface area (Å²) in [7, 11) is 2.02. The van der Waals surface area contributed by atoms with Crippen molar-refractivity contribution in [1.29, 1.82) is 0 Å². The predicted octanol–water partition coefficient (Wildman–Crippen LogP) is 3.60. The number of nitrogens with one attached hydrogen (secondary N) is 2. The molecular weight excluding hydrogens is 264 g/mol. The molecular formula is C17H24N2O2.